The summed E-state index contributed by atoms with van der Waals surface area (Å²) < 4.78 is 5.62. The van der Waals surface area contributed by atoms with E-state index in [9.17, 15) is 14.4 Å². The predicted octanol–water partition coefficient (Wildman–Crippen LogP) is 9.03. The van der Waals surface area contributed by atoms with E-state index < -0.39 is 0 Å². The van der Waals surface area contributed by atoms with Crippen molar-refractivity contribution in [1.29, 1.82) is 0 Å². The summed E-state index contributed by atoms with van der Waals surface area (Å²) in [7, 11) is 3.97. The van der Waals surface area contributed by atoms with E-state index in [1.165, 1.54) is 75.7 Å². The van der Waals surface area contributed by atoms with Gasteiger partial charge in [-0.15, -0.1) is 0 Å². The van der Waals surface area contributed by atoms with Gasteiger partial charge in [0.2, 0.25) is 0 Å². The third kappa shape index (κ3) is 26.0. The SMILES string of the molecule is CCCCCCCCCCCC(=O)ON(CCCN(C)C)C(=O)CCCCC(=O)OCC(CCCC)CCCCCC. The largest absolute Gasteiger partial charge is 0.465 e. The van der Waals surface area contributed by atoms with E-state index in [4.69, 9.17) is 9.57 Å². The maximum atomic E-state index is 12.9. The lowest BCUT2D eigenvalue weighted by molar-refractivity contribution is -0.198. The number of carbonyl (C=O) groups excluding carboxylic acids is 3. The van der Waals surface area contributed by atoms with Gasteiger partial charge in [0.25, 0.3) is 5.91 Å². The average Bonchev–Trinajstić information content (AvgIpc) is 2.96. The molecule has 0 heterocycles. The minimum absolute atomic E-state index is 0.173. The van der Waals surface area contributed by atoms with Crippen molar-refractivity contribution >= 4 is 17.8 Å². The molecule has 0 saturated heterocycles. The molecule has 0 fully saturated rings. The summed E-state index contributed by atoms with van der Waals surface area (Å²) >= 11 is 0. The highest BCUT2D eigenvalue weighted by atomic mass is 16.7. The summed E-state index contributed by atoms with van der Waals surface area (Å²) in [6.45, 7) is 8.36. The zero-order valence-electron chi connectivity index (χ0n) is 28.4. The van der Waals surface area contributed by atoms with Crippen LogP contribution in [0.25, 0.3) is 0 Å². The number of amides is 1. The third-order valence-corrected chi connectivity index (χ3v) is 7.87. The lowest BCUT2D eigenvalue weighted by Crippen LogP contribution is -2.35. The van der Waals surface area contributed by atoms with E-state index in [1.807, 2.05) is 14.1 Å². The molecule has 0 bridgehead atoms. The van der Waals surface area contributed by atoms with Gasteiger partial charge in [0.05, 0.1) is 13.2 Å². The number of nitrogens with zero attached hydrogens (tertiary/aromatic N) is 2. The van der Waals surface area contributed by atoms with E-state index in [0.29, 0.717) is 44.8 Å². The molecule has 0 aliphatic rings. The number of rotatable bonds is 29. The molecule has 0 aliphatic heterocycles. The second-order valence-corrected chi connectivity index (χ2v) is 12.4. The quantitative estimate of drug-likeness (QED) is 0.0487. The lowest BCUT2D eigenvalue weighted by Gasteiger charge is -2.22. The van der Waals surface area contributed by atoms with Crippen molar-refractivity contribution in [1.82, 2.24) is 9.96 Å². The summed E-state index contributed by atoms with van der Waals surface area (Å²) in [5.74, 6) is -0.234. The molecule has 248 valence electrons. The Labute approximate surface area is 259 Å². The van der Waals surface area contributed by atoms with Gasteiger partial charge in [-0.2, -0.15) is 5.06 Å². The Morgan fingerprint density at radius 3 is 1.67 bits per heavy atom. The van der Waals surface area contributed by atoms with E-state index >= 15 is 0 Å². The molecule has 1 unspecified atom stereocenters. The summed E-state index contributed by atoms with van der Waals surface area (Å²) in [4.78, 5) is 45.3. The second-order valence-electron chi connectivity index (χ2n) is 12.4. The van der Waals surface area contributed by atoms with Crippen LogP contribution in [0.4, 0.5) is 0 Å². The first-order valence-corrected chi connectivity index (χ1v) is 17.6. The Balaban J connectivity index is 4.39. The normalized spacial score (nSPS) is 12.0. The summed E-state index contributed by atoms with van der Waals surface area (Å²) in [6.07, 6.45) is 23.0. The molecule has 0 N–H and O–H groups in total. The van der Waals surface area contributed by atoms with E-state index in [1.54, 1.807) is 0 Å². The Morgan fingerprint density at radius 1 is 0.548 bits per heavy atom. The van der Waals surface area contributed by atoms with E-state index in [2.05, 4.69) is 25.7 Å². The zero-order valence-corrected chi connectivity index (χ0v) is 28.4. The Bertz CT molecular complexity index is 655. The molecule has 0 aromatic rings. The van der Waals surface area contributed by atoms with Crippen LogP contribution < -0.4 is 0 Å². The number of unbranched alkanes of at least 4 members (excludes halogenated alkanes) is 13. The minimum Gasteiger partial charge on any atom is -0.465 e. The molecule has 0 aromatic carbocycles. The standard InChI is InChI=1S/C35H68N2O5/c1-6-9-12-14-15-16-17-18-20-28-35(40)42-37(30-23-29-36(4)5)33(38)26-21-22-27-34(39)41-31-32(24-11-8-3)25-19-13-10-7-2/h32H,6-31H2,1-5H3. The number of ether oxygens (including phenoxy) is 1. The first-order chi connectivity index (χ1) is 20.3. The number of esters is 1. The van der Waals surface area contributed by atoms with Gasteiger partial charge in [0.1, 0.15) is 0 Å². The van der Waals surface area contributed by atoms with Crippen LogP contribution in [0.2, 0.25) is 0 Å². The second kappa shape index (κ2) is 29.4. The Hall–Kier alpha value is -1.63. The van der Waals surface area contributed by atoms with Crippen LogP contribution >= 0.6 is 0 Å². The van der Waals surface area contributed by atoms with Crippen LogP contribution in [0.3, 0.4) is 0 Å². The summed E-state index contributed by atoms with van der Waals surface area (Å²) in [5, 5.41) is 1.26. The monoisotopic (exact) mass is 597 g/mol. The molecular weight excluding hydrogens is 528 g/mol. The van der Waals surface area contributed by atoms with Gasteiger partial charge in [-0.3, -0.25) is 9.59 Å². The smallest absolute Gasteiger partial charge is 0.332 e. The van der Waals surface area contributed by atoms with Gasteiger partial charge in [0.15, 0.2) is 0 Å². The van der Waals surface area contributed by atoms with Gasteiger partial charge in [0, 0.05) is 19.3 Å². The van der Waals surface area contributed by atoms with Crippen molar-refractivity contribution in [3.8, 4) is 0 Å². The zero-order chi connectivity index (χ0) is 31.3. The van der Waals surface area contributed by atoms with Gasteiger partial charge >= 0.3 is 11.9 Å². The molecule has 0 aliphatic carbocycles. The number of carbonyl (C=O) groups is 3. The molecule has 1 amide bonds. The third-order valence-electron chi connectivity index (χ3n) is 7.87. The minimum atomic E-state index is -0.327. The fraction of sp³-hybridized carbons (Fsp3) is 0.914. The number of hydrogen-bond acceptors (Lipinski definition) is 6. The molecule has 0 spiro atoms. The van der Waals surface area contributed by atoms with Gasteiger partial charge < -0.3 is 14.5 Å². The van der Waals surface area contributed by atoms with E-state index in [-0.39, 0.29) is 24.3 Å². The van der Waals surface area contributed by atoms with Crippen LogP contribution in [-0.4, -0.2) is 61.6 Å². The average molecular weight is 597 g/mol. The van der Waals surface area contributed by atoms with Crippen molar-refractivity contribution in [2.24, 2.45) is 5.92 Å². The van der Waals surface area contributed by atoms with Crippen molar-refractivity contribution in [3.05, 3.63) is 0 Å². The van der Waals surface area contributed by atoms with Crippen LogP contribution in [0.15, 0.2) is 0 Å². The molecular formula is C35H68N2O5. The van der Waals surface area contributed by atoms with Crippen LogP contribution in [0.1, 0.15) is 168 Å². The molecule has 1 atom stereocenters. The molecule has 0 radical (unpaired) electrons. The van der Waals surface area contributed by atoms with Crippen LogP contribution in [-0.2, 0) is 24.0 Å². The molecule has 7 nitrogen and oxygen atoms in total. The molecule has 0 rings (SSSR count). The first-order valence-electron chi connectivity index (χ1n) is 17.6. The highest BCUT2D eigenvalue weighted by Gasteiger charge is 2.19. The molecule has 42 heavy (non-hydrogen) atoms. The lowest BCUT2D eigenvalue weighted by atomic mass is 9.96. The van der Waals surface area contributed by atoms with Gasteiger partial charge in [-0.25, -0.2) is 4.79 Å². The maximum Gasteiger partial charge on any atom is 0.332 e. The Kier molecular flexibility index (Phi) is 28.3. The Morgan fingerprint density at radius 2 is 1.05 bits per heavy atom. The van der Waals surface area contributed by atoms with Gasteiger partial charge in [-0.05, 0) is 65.1 Å². The summed E-state index contributed by atoms with van der Waals surface area (Å²) in [6, 6.07) is 0. The maximum absolute atomic E-state index is 12.9. The van der Waals surface area contributed by atoms with Crippen molar-refractivity contribution < 1.29 is 24.0 Å². The number of hydroxylamine groups is 2. The molecule has 7 heteroatoms. The summed E-state index contributed by atoms with van der Waals surface area (Å²) in [5.41, 5.74) is 0. The van der Waals surface area contributed by atoms with Crippen molar-refractivity contribution in [2.45, 2.75) is 168 Å². The highest BCUT2D eigenvalue weighted by molar-refractivity contribution is 5.78. The molecule has 0 aromatic heterocycles. The van der Waals surface area contributed by atoms with Crippen LogP contribution in [0, 0.1) is 5.92 Å². The topological polar surface area (TPSA) is 76.2 Å². The van der Waals surface area contributed by atoms with Crippen molar-refractivity contribution in [2.75, 3.05) is 33.8 Å². The molecule has 0 saturated carbocycles. The van der Waals surface area contributed by atoms with Gasteiger partial charge in [-0.1, -0.05) is 111 Å². The predicted molar refractivity (Wildman–Crippen MR) is 174 cm³/mol. The van der Waals surface area contributed by atoms with Crippen molar-refractivity contribution in [3.63, 3.8) is 0 Å². The van der Waals surface area contributed by atoms with E-state index in [0.717, 1.165) is 51.5 Å². The fourth-order valence-corrected chi connectivity index (χ4v) is 5.12. The van der Waals surface area contributed by atoms with Crippen LogP contribution in [0.5, 0.6) is 0 Å². The first kappa shape index (κ1) is 40.4. The highest BCUT2D eigenvalue weighted by Crippen LogP contribution is 2.18. The fourth-order valence-electron chi connectivity index (χ4n) is 5.12. The number of hydrogen-bond donors (Lipinski definition) is 0.